The van der Waals surface area contributed by atoms with E-state index in [9.17, 15) is 0 Å². The fourth-order valence-corrected chi connectivity index (χ4v) is 1.71. The lowest BCUT2D eigenvalue weighted by Crippen LogP contribution is -2.33. The molecule has 0 aliphatic heterocycles. The first-order chi connectivity index (χ1) is 9.30. The highest BCUT2D eigenvalue weighted by molar-refractivity contribution is 5.31. The smallest absolute Gasteiger partial charge is 0.119 e. The molecule has 0 unspecified atom stereocenters. The van der Waals surface area contributed by atoms with Crippen molar-refractivity contribution >= 4 is 0 Å². The second kappa shape index (κ2) is 9.61. The van der Waals surface area contributed by atoms with E-state index in [-0.39, 0.29) is 13.2 Å². The van der Waals surface area contributed by atoms with Crippen molar-refractivity contribution in [3.8, 4) is 11.5 Å². The monoisotopic (exact) mass is 269 g/mol. The van der Waals surface area contributed by atoms with Gasteiger partial charge in [-0.25, -0.2) is 0 Å². The zero-order valence-corrected chi connectivity index (χ0v) is 11.4. The minimum absolute atomic E-state index is 0.0864. The Bertz CT molecular complexity index is 323. The third-order valence-electron chi connectivity index (χ3n) is 2.64. The van der Waals surface area contributed by atoms with Crippen LogP contribution in [0.5, 0.6) is 11.5 Å². The van der Waals surface area contributed by atoms with Gasteiger partial charge in [-0.05, 0) is 31.2 Å². The van der Waals surface area contributed by atoms with E-state index in [0.717, 1.165) is 11.5 Å². The maximum Gasteiger partial charge on any atom is 0.119 e. The Labute approximate surface area is 114 Å². The van der Waals surface area contributed by atoms with E-state index in [0.29, 0.717) is 32.8 Å². The molecule has 0 aromatic heterocycles. The summed E-state index contributed by atoms with van der Waals surface area (Å²) in [7, 11) is 0. The molecular weight excluding hydrogens is 246 g/mol. The molecule has 1 rings (SSSR count). The maximum absolute atomic E-state index is 8.88. The van der Waals surface area contributed by atoms with E-state index in [1.54, 1.807) is 0 Å². The lowest BCUT2D eigenvalue weighted by molar-refractivity contribution is 0.141. The van der Waals surface area contributed by atoms with Crippen LogP contribution in [0.3, 0.4) is 0 Å². The molecule has 0 saturated carbocycles. The van der Waals surface area contributed by atoms with Gasteiger partial charge in [-0.15, -0.1) is 0 Å². The molecule has 5 heteroatoms. The predicted molar refractivity (Wildman–Crippen MR) is 73.7 cm³/mol. The number of aliphatic hydroxyl groups is 2. The lowest BCUT2D eigenvalue weighted by atomic mass is 10.3. The molecule has 0 aliphatic rings. The predicted octanol–water partition coefficient (Wildman–Crippen LogP) is 0.751. The van der Waals surface area contributed by atoms with Gasteiger partial charge in [-0.2, -0.15) is 0 Å². The Balaban J connectivity index is 2.30. The van der Waals surface area contributed by atoms with Crippen molar-refractivity contribution < 1.29 is 19.7 Å². The number of hydrogen-bond acceptors (Lipinski definition) is 5. The van der Waals surface area contributed by atoms with Crippen molar-refractivity contribution in [3.63, 3.8) is 0 Å². The first-order valence-electron chi connectivity index (χ1n) is 6.60. The summed E-state index contributed by atoms with van der Waals surface area (Å²) in [6.45, 7) is 5.06. The second-order valence-electron chi connectivity index (χ2n) is 4.04. The first-order valence-corrected chi connectivity index (χ1v) is 6.60. The molecule has 0 aliphatic carbocycles. The van der Waals surface area contributed by atoms with Gasteiger partial charge in [0.25, 0.3) is 0 Å². The topological polar surface area (TPSA) is 62.2 Å². The van der Waals surface area contributed by atoms with Gasteiger partial charge in [0.1, 0.15) is 18.1 Å². The van der Waals surface area contributed by atoms with Gasteiger partial charge < -0.3 is 19.7 Å². The quantitative estimate of drug-likeness (QED) is 0.656. The average Bonchev–Trinajstić information content (AvgIpc) is 2.41. The van der Waals surface area contributed by atoms with Crippen LogP contribution < -0.4 is 9.47 Å². The summed E-state index contributed by atoms with van der Waals surface area (Å²) >= 11 is 0. The lowest BCUT2D eigenvalue weighted by Gasteiger charge is -2.20. The number of aliphatic hydroxyl groups excluding tert-OH is 2. The summed E-state index contributed by atoms with van der Waals surface area (Å²) in [6, 6.07) is 7.48. The Kier molecular flexibility index (Phi) is 7.97. The largest absolute Gasteiger partial charge is 0.494 e. The van der Waals surface area contributed by atoms with Crippen LogP contribution in [0.1, 0.15) is 6.92 Å². The Hall–Kier alpha value is -1.30. The van der Waals surface area contributed by atoms with Gasteiger partial charge in [0, 0.05) is 19.6 Å². The van der Waals surface area contributed by atoms with E-state index in [4.69, 9.17) is 19.7 Å². The fourth-order valence-electron chi connectivity index (χ4n) is 1.71. The van der Waals surface area contributed by atoms with Crippen molar-refractivity contribution in [3.05, 3.63) is 24.3 Å². The molecule has 5 nitrogen and oxygen atoms in total. The summed E-state index contributed by atoms with van der Waals surface area (Å²) in [6.07, 6.45) is 0. The van der Waals surface area contributed by atoms with Crippen LogP contribution in [-0.2, 0) is 0 Å². The van der Waals surface area contributed by atoms with Gasteiger partial charge in [0.15, 0.2) is 0 Å². The molecule has 1 aromatic rings. The highest BCUT2D eigenvalue weighted by atomic mass is 16.5. The summed E-state index contributed by atoms with van der Waals surface area (Å²) in [5, 5.41) is 17.8. The minimum atomic E-state index is 0.0864. The average molecular weight is 269 g/mol. The van der Waals surface area contributed by atoms with Gasteiger partial charge in [0.2, 0.25) is 0 Å². The summed E-state index contributed by atoms with van der Waals surface area (Å²) in [4.78, 5) is 1.95. The van der Waals surface area contributed by atoms with E-state index >= 15 is 0 Å². The molecule has 1 aromatic carbocycles. The van der Waals surface area contributed by atoms with Gasteiger partial charge in [-0.1, -0.05) is 0 Å². The normalized spacial score (nSPS) is 10.7. The highest BCUT2D eigenvalue weighted by Crippen LogP contribution is 2.17. The van der Waals surface area contributed by atoms with Crippen LogP contribution >= 0.6 is 0 Å². The van der Waals surface area contributed by atoms with Crippen molar-refractivity contribution in [2.75, 3.05) is 46.1 Å². The van der Waals surface area contributed by atoms with Crippen LogP contribution in [0.15, 0.2) is 24.3 Å². The molecule has 19 heavy (non-hydrogen) atoms. The molecule has 0 radical (unpaired) electrons. The molecular formula is C14H23NO4. The van der Waals surface area contributed by atoms with E-state index in [1.165, 1.54) is 0 Å². The first kappa shape index (κ1) is 15.8. The Morgan fingerprint density at radius 1 is 0.895 bits per heavy atom. The summed E-state index contributed by atoms with van der Waals surface area (Å²) < 4.78 is 10.9. The third-order valence-corrected chi connectivity index (χ3v) is 2.64. The highest BCUT2D eigenvalue weighted by Gasteiger charge is 2.03. The molecule has 2 N–H and O–H groups in total. The van der Waals surface area contributed by atoms with Crippen LogP contribution in [0.2, 0.25) is 0 Å². The van der Waals surface area contributed by atoms with Crippen molar-refractivity contribution in [2.45, 2.75) is 6.92 Å². The van der Waals surface area contributed by atoms with Crippen molar-refractivity contribution in [1.82, 2.24) is 4.90 Å². The molecule has 0 amide bonds. The zero-order chi connectivity index (χ0) is 13.9. The minimum Gasteiger partial charge on any atom is -0.494 e. The maximum atomic E-state index is 8.88. The van der Waals surface area contributed by atoms with Crippen LogP contribution in [0.4, 0.5) is 0 Å². The zero-order valence-electron chi connectivity index (χ0n) is 11.4. The van der Waals surface area contributed by atoms with E-state index < -0.39 is 0 Å². The molecule has 0 bridgehead atoms. The van der Waals surface area contributed by atoms with E-state index in [1.807, 2.05) is 36.1 Å². The van der Waals surface area contributed by atoms with Crippen molar-refractivity contribution in [2.24, 2.45) is 0 Å². The number of ether oxygens (including phenoxy) is 2. The molecule has 0 spiro atoms. The molecule has 0 atom stereocenters. The molecule has 0 fully saturated rings. The Morgan fingerprint density at radius 2 is 1.42 bits per heavy atom. The van der Waals surface area contributed by atoms with Crippen LogP contribution in [-0.4, -0.2) is 61.2 Å². The third kappa shape index (κ3) is 6.42. The second-order valence-corrected chi connectivity index (χ2v) is 4.04. The van der Waals surface area contributed by atoms with Gasteiger partial charge in [0.05, 0.1) is 19.8 Å². The SMILES string of the molecule is CCOc1ccc(OCCN(CCO)CCO)cc1. The summed E-state index contributed by atoms with van der Waals surface area (Å²) in [5.41, 5.74) is 0. The molecule has 108 valence electrons. The van der Waals surface area contributed by atoms with Crippen LogP contribution in [0.25, 0.3) is 0 Å². The molecule has 0 saturated heterocycles. The van der Waals surface area contributed by atoms with Crippen LogP contribution in [0, 0.1) is 0 Å². The summed E-state index contributed by atoms with van der Waals surface area (Å²) in [5.74, 6) is 1.62. The fraction of sp³-hybridized carbons (Fsp3) is 0.571. The van der Waals surface area contributed by atoms with Gasteiger partial charge in [-0.3, -0.25) is 4.90 Å². The van der Waals surface area contributed by atoms with Gasteiger partial charge >= 0.3 is 0 Å². The number of benzene rings is 1. The standard InChI is InChI=1S/C14H23NO4/c1-2-18-13-3-5-14(6-4-13)19-12-9-15(7-10-16)8-11-17/h3-6,16-17H,2,7-12H2,1H3. The molecule has 0 heterocycles. The van der Waals surface area contributed by atoms with E-state index in [2.05, 4.69) is 0 Å². The number of nitrogens with zero attached hydrogens (tertiary/aromatic N) is 1. The number of rotatable bonds is 10. The Morgan fingerprint density at radius 3 is 1.89 bits per heavy atom. The van der Waals surface area contributed by atoms with Crippen molar-refractivity contribution in [1.29, 1.82) is 0 Å². The number of hydrogen-bond donors (Lipinski definition) is 2.